The first kappa shape index (κ1) is 45.2. The third kappa shape index (κ3) is 11.5. The van der Waals surface area contributed by atoms with Gasteiger partial charge in [0.2, 0.25) is 11.8 Å². The van der Waals surface area contributed by atoms with Crippen molar-refractivity contribution in [2.45, 2.75) is 96.5 Å². The highest BCUT2D eigenvalue weighted by Gasteiger charge is 2.45. The summed E-state index contributed by atoms with van der Waals surface area (Å²) in [5, 5.41) is 14.4. The quantitative estimate of drug-likeness (QED) is 0.201. The number of hydrogen-bond acceptors (Lipinski definition) is 7. The van der Waals surface area contributed by atoms with Crippen molar-refractivity contribution in [3.63, 3.8) is 0 Å². The normalized spacial score (nSPS) is 14.4. The molecule has 0 fully saturated rings. The Hall–Kier alpha value is -4.93. The molecule has 0 heterocycles. The molecular formula is C37H50F3N5O8S. The second-order valence-electron chi connectivity index (χ2n) is 15.0. The molecule has 2 rings (SSSR count). The van der Waals surface area contributed by atoms with E-state index >= 15 is 0 Å². The van der Waals surface area contributed by atoms with E-state index in [1.54, 1.807) is 84.1 Å². The Bertz CT molecular complexity index is 1820. The minimum Gasteiger partial charge on any atom is -0.465 e. The van der Waals surface area contributed by atoms with Crippen molar-refractivity contribution in [3.05, 3.63) is 77.4 Å². The summed E-state index contributed by atoms with van der Waals surface area (Å²) < 4.78 is 65.3. The second-order valence-corrected chi connectivity index (χ2v) is 16.7. The van der Waals surface area contributed by atoms with Crippen molar-refractivity contribution in [3.8, 4) is 0 Å². The number of benzene rings is 2. The van der Waals surface area contributed by atoms with Crippen molar-refractivity contribution >= 4 is 39.7 Å². The molecule has 54 heavy (non-hydrogen) atoms. The SMILES string of the molecule is CC(=C[C@H](C(C)C)N(C)C(=O)[C@@H](NC(=O)[C@@H](N(C)C(=O)O)C(C)(C)c1ccccc1)C(C)(C)C)C(=O)NS(=O)(=O)c1ccc(CNC(=O)C(F)(F)F)cc1. The minimum absolute atomic E-state index is 0.0625. The van der Waals surface area contributed by atoms with Crippen LogP contribution in [0, 0.1) is 11.3 Å². The largest absolute Gasteiger partial charge is 0.471 e. The molecule has 2 aromatic rings. The number of sulfonamides is 1. The molecule has 5 amide bonds. The van der Waals surface area contributed by atoms with Gasteiger partial charge in [-0.05, 0) is 41.5 Å². The van der Waals surface area contributed by atoms with E-state index in [1.165, 1.54) is 44.1 Å². The molecule has 0 radical (unpaired) electrons. The van der Waals surface area contributed by atoms with Gasteiger partial charge in [0.15, 0.2) is 0 Å². The highest BCUT2D eigenvalue weighted by atomic mass is 32.2. The highest BCUT2D eigenvalue weighted by molar-refractivity contribution is 7.90. The van der Waals surface area contributed by atoms with Crippen LogP contribution in [0.15, 0.2) is 71.1 Å². The van der Waals surface area contributed by atoms with Crippen LogP contribution in [-0.4, -0.2) is 91.4 Å². The monoisotopic (exact) mass is 781 g/mol. The number of halogens is 3. The lowest BCUT2D eigenvalue weighted by molar-refractivity contribution is -0.173. The first-order chi connectivity index (χ1) is 24.6. The number of carboxylic acid groups (broad SMARTS) is 1. The standard InChI is InChI=1S/C37H50F3N5O8S/c1-22(2)27(20-23(3)30(46)43-54(52,53)26-18-16-24(17-19-26)21-41-33(49)37(38,39)40)44(9)32(48)28(35(4,5)6)42-31(47)29(45(10)34(50)51)36(7,8)25-14-12-11-13-15-25/h11-20,22,27-29H,21H2,1-10H3,(H,41,49)(H,42,47)(H,43,46)(H,50,51)/t27-,28-,29-/m1/s1. The van der Waals surface area contributed by atoms with Crippen LogP contribution in [0.1, 0.15) is 66.5 Å². The molecule has 2 aromatic carbocycles. The molecule has 0 aromatic heterocycles. The van der Waals surface area contributed by atoms with Crippen LogP contribution < -0.4 is 15.4 Å². The molecule has 0 aliphatic heterocycles. The topological polar surface area (TPSA) is 182 Å². The van der Waals surface area contributed by atoms with E-state index in [4.69, 9.17) is 0 Å². The number of alkyl halides is 3. The Kier molecular flexibility index (Phi) is 14.6. The molecule has 0 bridgehead atoms. The van der Waals surface area contributed by atoms with Gasteiger partial charge >= 0.3 is 18.2 Å². The van der Waals surface area contributed by atoms with E-state index in [-0.39, 0.29) is 21.9 Å². The fourth-order valence-corrected chi connectivity index (χ4v) is 6.78. The maximum atomic E-state index is 14.2. The average molecular weight is 782 g/mol. The summed E-state index contributed by atoms with van der Waals surface area (Å²) in [6.07, 6.45) is -5.01. The van der Waals surface area contributed by atoms with Gasteiger partial charge in [0.1, 0.15) is 12.1 Å². The van der Waals surface area contributed by atoms with Gasteiger partial charge in [-0.15, -0.1) is 0 Å². The number of amides is 5. The lowest BCUT2D eigenvalue weighted by Gasteiger charge is -2.41. The van der Waals surface area contributed by atoms with Gasteiger partial charge in [-0.1, -0.05) is 97.0 Å². The van der Waals surface area contributed by atoms with Gasteiger partial charge in [-0.25, -0.2) is 17.9 Å². The van der Waals surface area contributed by atoms with Gasteiger partial charge in [-0.2, -0.15) is 13.2 Å². The Morgan fingerprint density at radius 1 is 0.870 bits per heavy atom. The third-order valence-corrected chi connectivity index (χ3v) is 10.3. The molecule has 13 nitrogen and oxygen atoms in total. The van der Waals surface area contributed by atoms with Gasteiger partial charge in [-0.3, -0.25) is 24.1 Å². The molecule has 3 atom stereocenters. The smallest absolute Gasteiger partial charge is 0.465 e. The van der Waals surface area contributed by atoms with Gasteiger partial charge in [0.25, 0.3) is 15.9 Å². The number of rotatable bonds is 14. The maximum Gasteiger partial charge on any atom is 0.471 e. The van der Waals surface area contributed by atoms with Crippen LogP contribution in [0.2, 0.25) is 0 Å². The van der Waals surface area contributed by atoms with Crippen LogP contribution in [0.25, 0.3) is 0 Å². The van der Waals surface area contributed by atoms with Gasteiger partial charge in [0, 0.05) is 31.6 Å². The molecule has 17 heteroatoms. The minimum atomic E-state index is -5.08. The van der Waals surface area contributed by atoms with Crippen molar-refractivity contribution in [1.82, 2.24) is 25.2 Å². The number of carbonyl (C=O) groups is 5. The molecule has 0 unspecified atom stereocenters. The molecule has 0 saturated heterocycles. The molecule has 0 spiro atoms. The summed E-state index contributed by atoms with van der Waals surface area (Å²) in [7, 11) is -1.69. The Morgan fingerprint density at radius 2 is 1.41 bits per heavy atom. The van der Waals surface area contributed by atoms with Crippen LogP contribution in [0.5, 0.6) is 0 Å². The van der Waals surface area contributed by atoms with Gasteiger partial charge < -0.3 is 20.6 Å². The number of hydrogen-bond donors (Lipinski definition) is 4. The van der Waals surface area contributed by atoms with Crippen LogP contribution in [0.3, 0.4) is 0 Å². The van der Waals surface area contributed by atoms with Gasteiger partial charge in [0.05, 0.1) is 10.9 Å². The predicted molar refractivity (Wildman–Crippen MR) is 195 cm³/mol. The van der Waals surface area contributed by atoms with E-state index in [1.807, 2.05) is 4.72 Å². The van der Waals surface area contributed by atoms with E-state index in [0.29, 0.717) is 5.56 Å². The summed E-state index contributed by atoms with van der Waals surface area (Å²) in [5.74, 6) is -4.73. The summed E-state index contributed by atoms with van der Waals surface area (Å²) >= 11 is 0. The zero-order valence-electron chi connectivity index (χ0n) is 32.0. The number of likely N-dealkylation sites (N-methyl/N-ethyl adjacent to an activating group) is 2. The Morgan fingerprint density at radius 3 is 1.87 bits per heavy atom. The Balaban J connectivity index is 2.34. The van der Waals surface area contributed by atoms with Crippen LogP contribution >= 0.6 is 0 Å². The molecule has 4 N–H and O–H groups in total. The molecular weight excluding hydrogens is 731 g/mol. The van der Waals surface area contributed by atoms with Crippen molar-refractivity contribution in [2.75, 3.05) is 14.1 Å². The molecule has 0 aliphatic carbocycles. The summed E-state index contributed by atoms with van der Waals surface area (Å²) in [6.45, 7) is 13.1. The van der Waals surface area contributed by atoms with E-state index in [9.17, 15) is 50.7 Å². The lowest BCUT2D eigenvalue weighted by atomic mass is 9.76. The van der Waals surface area contributed by atoms with E-state index in [0.717, 1.165) is 17.0 Å². The summed E-state index contributed by atoms with van der Waals surface area (Å²) in [4.78, 5) is 66.5. The van der Waals surface area contributed by atoms with Crippen LogP contribution in [-0.2, 0) is 41.2 Å². The summed E-state index contributed by atoms with van der Waals surface area (Å²) in [6, 6.07) is 10.2. The zero-order chi connectivity index (χ0) is 41.6. The maximum absolute atomic E-state index is 14.2. The first-order valence-corrected chi connectivity index (χ1v) is 18.4. The summed E-state index contributed by atoms with van der Waals surface area (Å²) in [5.41, 5.74) is -1.10. The lowest BCUT2D eigenvalue weighted by Crippen LogP contribution is -2.62. The number of carbonyl (C=O) groups excluding carboxylic acids is 4. The van der Waals surface area contributed by atoms with Crippen LogP contribution in [0.4, 0.5) is 18.0 Å². The zero-order valence-corrected chi connectivity index (χ0v) is 32.8. The third-order valence-electron chi connectivity index (χ3n) is 8.97. The first-order valence-electron chi connectivity index (χ1n) is 16.9. The second kappa shape index (κ2) is 17.5. The van der Waals surface area contributed by atoms with Crippen molar-refractivity contribution < 1.29 is 50.7 Å². The Labute approximate surface area is 314 Å². The fraction of sp³-hybridized carbons (Fsp3) is 0.486. The molecule has 298 valence electrons. The van der Waals surface area contributed by atoms with E-state index < -0.39 is 81.4 Å². The highest BCUT2D eigenvalue weighted by Crippen LogP contribution is 2.32. The van der Waals surface area contributed by atoms with E-state index in [2.05, 4.69) is 5.32 Å². The van der Waals surface area contributed by atoms with Crippen molar-refractivity contribution in [2.24, 2.45) is 11.3 Å². The van der Waals surface area contributed by atoms with Crippen molar-refractivity contribution in [1.29, 1.82) is 0 Å². The molecule has 0 saturated carbocycles. The molecule has 0 aliphatic rings. The fourth-order valence-electron chi connectivity index (χ4n) is 5.76. The predicted octanol–water partition coefficient (Wildman–Crippen LogP) is 4.59. The number of nitrogens with zero attached hydrogens (tertiary/aromatic N) is 2. The average Bonchev–Trinajstić information content (AvgIpc) is 3.06. The number of nitrogens with one attached hydrogen (secondary N) is 3.